The molecule has 2 aliphatic rings. The molecule has 1 saturated carbocycles. The van der Waals surface area contributed by atoms with Crippen molar-refractivity contribution in [2.45, 2.75) is 38.6 Å². The third-order valence-electron chi connectivity index (χ3n) is 4.55. The number of amides is 1. The molecule has 0 aromatic carbocycles. The molecule has 0 aromatic heterocycles. The topological polar surface area (TPSA) is 78.0 Å². The first kappa shape index (κ1) is 19.0. The number of hydrogen-bond acceptors (Lipinski definition) is 4. The lowest BCUT2D eigenvalue weighted by atomic mass is 10.2. The molecule has 1 aliphatic heterocycles. The molecule has 0 spiro atoms. The van der Waals surface area contributed by atoms with Gasteiger partial charge in [0.2, 0.25) is 5.91 Å². The molecule has 1 heterocycles. The minimum absolute atomic E-state index is 0.193. The van der Waals surface area contributed by atoms with E-state index < -0.39 is 0 Å². The van der Waals surface area contributed by atoms with Crippen LogP contribution in [0.5, 0.6) is 0 Å². The third-order valence-corrected chi connectivity index (χ3v) is 4.55. The van der Waals surface area contributed by atoms with Crippen LogP contribution < -0.4 is 16.0 Å². The molecule has 0 bridgehead atoms. The highest BCUT2D eigenvalue weighted by Crippen LogP contribution is 2.28. The summed E-state index contributed by atoms with van der Waals surface area (Å²) in [7, 11) is 1.75. The number of likely N-dealkylation sites (tertiary alicyclic amines) is 1. The Balaban J connectivity index is 1.69. The maximum Gasteiger partial charge on any atom is 0.223 e. The van der Waals surface area contributed by atoms with Crippen molar-refractivity contribution in [3.8, 4) is 0 Å². The molecule has 2 fully saturated rings. The summed E-state index contributed by atoms with van der Waals surface area (Å²) < 4.78 is 5.19. The van der Waals surface area contributed by atoms with Crippen LogP contribution in [0.2, 0.25) is 0 Å². The van der Waals surface area contributed by atoms with Crippen LogP contribution in [0.1, 0.15) is 32.6 Å². The fourth-order valence-electron chi connectivity index (χ4n) is 3.00. The van der Waals surface area contributed by atoms with Crippen LogP contribution in [0, 0.1) is 5.92 Å². The van der Waals surface area contributed by atoms with Gasteiger partial charge in [-0.3, -0.25) is 14.7 Å². The molecular formula is C17H33N5O2. The van der Waals surface area contributed by atoms with Gasteiger partial charge in [0.1, 0.15) is 0 Å². The van der Waals surface area contributed by atoms with Gasteiger partial charge in [0.25, 0.3) is 0 Å². The molecule has 0 aromatic rings. The predicted molar refractivity (Wildman–Crippen MR) is 96.2 cm³/mol. The maximum atomic E-state index is 11.6. The van der Waals surface area contributed by atoms with Crippen molar-refractivity contribution >= 4 is 11.9 Å². The average molecular weight is 339 g/mol. The van der Waals surface area contributed by atoms with E-state index in [0.29, 0.717) is 19.1 Å². The van der Waals surface area contributed by atoms with Crippen molar-refractivity contribution in [2.75, 3.05) is 53.0 Å². The van der Waals surface area contributed by atoms with Gasteiger partial charge in [0, 0.05) is 45.2 Å². The van der Waals surface area contributed by atoms with Gasteiger partial charge >= 0.3 is 0 Å². The number of hydrogen-bond donors (Lipinski definition) is 3. The van der Waals surface area contributed by atoms with Gasteiger partial charge in [-0.2, -0.15) is 0 Å². The van der Waals surface area contributed by atoms with Crippen LogP contribution in [-0.4, -0.2) is 75.8 Å². The monoisotopic (exact) mass is 339 g/mol. The Labute approximate surface area is 145 Å². The highest BCUT2D eigenvalue weighted by Gasteiger charge is 2.29. The molecule has 138 valence electrons. The zero-order valence-electron chi connectivity index (χ0n) is 15.1. The average Bonchev–Trinajstić information content (AvgIpc) is 3.34. The van der Waals surface area contributed by atoms with Gasteiger partial charge in [0.05, 0.1) is 13.2 Å². The molecule has 7 nitrogen and oxygen atoms in total. The molecule has 0 radical (unpaired) electrons. The van der Waals surface area contributed by atoms with E-state index in [2.05, 4.69) is 27.8 Å². The number of methoxy groups -OCH3 is 1. The van der Waals surface area contributed by atoms with Crippen LogP contribution in [0.4, 0.5) is 0 Å². The largest absolute Gasteiger partial charge is 0.383 e. The van der Waals surface area contributed by atoms with Gasteiger partial charge in [-0.05, 0) is 39.2 Å². The van der Waals surface area contributed by atoms with Crippen LogP contribution in [-0.2, 0) is 9.53 Å². The third kappa shape index (κ3) is 6.65. The van der Waals surface area contributed by atoms with Crippen molar-refractivity contribution in [1.29, 1.82) is 0 Å². The van der Waals surface area contributed by atoms with Crippen molar-refractivity contribution < 1.29 is 9.53 Å². The fraction of sp³-hybridized carbons (Fsp3) is 0.882. The first-order chi connectivity index (χ1) is 11.7. The molecule has 1 amide bonds. The highest BCUT2D eigenvalue weighted by molar-refractivity contribution is 5.81. The zero-order chi connectivity index (χ0) is 17.2. The standard InChI is InChI=1S/C17H33N5O2/c1-3-18-17(20-9-8-19-16(23)14-6-7-14)21-13-15-5-4-10-22(15)11-12-24-2/h14-15H,3-13H2,1-2H3,(H,19,23)(H2,18,20,21). The molecule has 1 aliphatic carbocycles. The van der Waals surface area contributed by atoms with Crippen LogP contribution in [0.15, 0.2) is 4.99 Å². The van der Waals surface area contributed by atoms with E-state index in [1.165, 1.54) is 12.8 Å². The summed E-state index contributed by atoms with van der Waals surface area (Å²) in [5, 5.41) is 9.53. The lowest BCUT2D eigenvalue weighted by Gasteiger charge is -2.23. The number of rotatable bonds is 10. The fourth-order valence-corrected chi connectivity index (χ4v) is 3.00. The molecule has 1 atom stereocenters. The highest BCUT2D eigenvalue weighted by atomic mass is 16.5. The number of nitrogens with one attached hydrogen (secondary N) is 3. The van der Waals surface area contributed by atoms with Crippen molar-refractivity contribution in [3.05, 3.63) is 0 Å². The first-order valence-corrected chi connectivity index (χ1v) is 9.27. The van der Waals surface area contributed by atoms with E-state index >= 15 is 0 Å². The van der Waals surface area contributed by atoms with E-state index in [9.17, 15) is 4.79 Å². The lowest BCUT2D eigenvalue weighted by Crippen LogP contribution is -2.42. The molecule has 24 heavy (non-hydrogen) atoms. The summed E-state index contributed by atoms with van der Waals surface area (Å²) in [6, 6.07) is 0.505. The molecule has 2 rings (SSSR count). The van der Waals surface area contributed by atoms with E-state index in [1.54, 1.807) is 7.11 Å². The molecule has 1 unspecified atom stereocenters. The van der Waals surface area contributed by atoms with Gasteiger partial charge < -0.3 is 20.7 Å². The zero-order valence-corrected chi connectivity index (χ0v) is 15.1. The minimum atomic E-state index is 0.193. The second kappa shape index (κ2) is 10.5. The van der Waals surface area contributed by atoms with Gasteiger partial charge in [-0.1, -0.05) is 0 Å². The predicted octanol–water partition coefficient (Wildman–Crippen LogP) is 0.179. The quantitative estimate of drug-likeness (QED) is 0.301. The second-order valence-corrected chi connectivity index (χ2v) is 6.54. The van der Waals surface area contributed by atoms with E-state index in [1.807, 2.05) is 0 Å². The van der Waals surface area contributed by atoms with Gasteiger partial charge in [0.15, 0.2) is 5.96 Å². The summed E-state index contributed by atoms with van der Waals surface area (Å²) >= 11 is 0. The Morgan fingerprint density at radius 2 is 2.00 bits per heavy atom. The SMILES string of the molecule is CCNC(=NCC1CCCN1CCOC)NCCNC(=O)C1CC1. The summed E-state index contributed by atoms with van der Waals surface area (Å²) in [6.07, 6.45) is 4.53. The maximum absolute atomic E-state index is 11.6. The number of ether oxygens (including phenoxy) is 1. The lowest BCUT2D eigenvalue weighted by molar-refractivity contribution is -0.122. The smallest absolute Gasteiger partial charge is 0.223 e. The van der Waals surface area contributed by atoms with Crippen molar-refractivity contribution in [1.82, 2.24) is 20.9 Å². The summed E-state index contributed by atoms with van der Waals surface area (Å²) in [6.45, 7) is 7.93. The Hall–Kier alpha value is -1.34. The summed E-state index contributed by atoms with van der Waals surface area (Å²) in [5.74, 6) is 1.29. The normalized spacial score (nSPS) is 21.8. The number of nitrogens with zero attached hydrogens (tertiary/aromatic N) is 2. The minimum Gasteiger partial charge on any atom is -0.383 e. The molecular weight excluding hydrogens is 306 g/mol. The molecule has 3 N–H and O–H groups in total. The molecule has 1 saturated heterocycles. The number of guanidine groups is 1. The van der Waals surface area contributed by atoms with Crippen molar-refractivity contribution in [3.63, 3.8) is 0 Å². The number of carbonyl (C=O) groups is 1. The Bertz CT molecular complexity index is 412. The number of aliphatic imine (C=N–C) groups is 1. The van der Waals surface area contributed by atoms with Gasteiger partial charge in [-0.15, -0.1) is 0 Å². The molecule has 7 heteroatoms. The Morgan fingerprint density at radius 3 is 2.71 bits per heavy atom. The van der Waals surface area contributed by atoms with Crippen LogP contribution in [0.3, 0.4) is 0 Å². The number of carbonyl (C=O) groups excluding carboxylic acids is 1. The van der Waals surface area contributed by atoms with E-state index in [0.717, 1.165) is 51.6 Å². The Kier molecular flexibility index (Phi) is 8.32. The summed E-state index contributed by atoms with van der Waals surface area (Å²) in [4.78, 5) is 18.8. The van der Waals surface area contributed by atoms with Crippen LogP contribution in [0.25, 0.3) is 0 Å². The van der Waals surface area contributed by atoms with E-state index in [4.69, 9.17) is 9.73 Å². The first-order valence-electron chi connectivity index (χ1n) is 9.27. The van der Waals surface area contributed by atoms with E-state index in [-0.39, 0.29) is 11.8 Å². The summed E-state index contributed by atoms with van der Waals surface area (Å²) in [5.41, 5.74) is 0. The van der Waals surface area contributed by atoms with Gasteiger partial charge in [-0.25, -0.2) is 0 Å². The Morgan fingerprint density at radius 1 is 1.21 bits per heavy atom. The van der Waals surface area contributed by atoms with Crippen molar-refractivity contribution in [2.24, 2.45) is 10.9 Å². The second-order valence-electron chi connectivity index (χ2n) is 6.54. The van der Waals surface area contributed by atoms with Crippen LogP contribution >= 0.6 is 0 Å².